The maximum Gasteiger partial charge on any atom is 0.262 e. The van der Waals surface area contributed by atoms with Gasteiger partial charge >= 0.3 is 0 Å². The summed E-state index contributed by atoms with van der Waals surface area (Å²) in [6, 6.07) is 4.66. The summed E-state index contributed by atoms with van der Waals surface area (Å²) in [4.78, 5) is 11.5. The third-order valence-electron chi connectivity index (χ3n) is 3.55. The molecule has 1 saturated heterocycles. The fourth-order valence-electron chi connectivity index (χ4n) is 2.49. The summed E-state index contributed by atoms with van der Waals surface area (Å²) in [6.07, 6.45) is 0. The Bertz CT molecular complexity index is 674. The molecule has 0 bridgehead atoms. The molecule has 2 heterocycles. The number of sulfonamides is 1. The van der Waals surface area contributed by atoms with Crippen LogP contribution < -0.4 is 15.4 Å². The summed E-state index contributed by atoms with van der Waals surface area (Å²) in [5.41, 5.74) is 0.399. The van der Waals surface area contributed by atoms with Crippen molar-refractivity contribution in [2.75, 3.05) is 31.6 Å². The van der Waals surface area contributed by atoms with Gasteiger partial charge in [-0.3, -0.25) is 4.79 Å². The third-order valence-corrected chi connectivity index (χ3v) is 5.41. The van der Waals surface area contributed by atoms with E-state index in [2.05, 4.69) is 10.6 Å². The molecule has 1 fully saturated rings. The number of rotatable bonds is 2. The SMILES string of the molecule is CC1CN(S(=O)(=O)c2ccc3c(c2)NC(=O)CO3)CCN1. The van der Waals surface area contributed by atoms with E-state index in [4.69, 9.17) is 4.74 Å². The number of nitrogens with one attached hydrogen (secondary N) is 2. The number of anilines is 1. The van der Waals surface area contributed by atoms with Gasteiger partial charge in [0.25, 0.3) is 5.91 Å². The first-order valence-electron chi connectivity index (χ1n) is 6.77. The van der Waals surface area contributed by atoms with Crippen LogP contribution in [0.25, 0.3) is 0 Å². The number of hydrogen-bond donors (Lipinski definition) is 2. The number of nitrogens with zero attached hydrogens (tertiary/aromatic N) is 1. The van der Waals surface area contributed by atoms with Gasteiger partial charge in [-0.25, -0.2) is 8.42 Å². The van der Waals surface area contributed by atoms with Gasteiger partial charge in [0.15, 0.2) is 6.61 Å². The number of carbonyl (C=O) groups excluding carboxylic acids is 1. The lowest BCUT2D eigenvalue weighted by molar-refractivity contribution is -0.118. The molecule has 1 unspecified atom stereocenters. The molecule has 0 saturated carbocycles. The summed E-state index contributed by atoms with van der Waals surface area (Å²) >= 11 is 0. The average Bonchev–Trinajstić information content (AvgIpc) is 2.46. The van der Waals surface area contributed by atoms with Crippen molar-refractivity contribution in [2.45, 2.75) is 17.9 Å². The first kappa shape index (κ1) is 14.3. The standard InChI is InChI=1S/C13H17N3O4S/c1-9-7-16(5-4-14-9)21(18,19)10-2-3-12-11(6-10)15-13(17)8-20-12/h2-3,6,9,14H,4-5,7-8H2,1H3,(H,15,17). The number of hydrogen-bond acceptors (Lipinski definition) is 5. The molecule has 0 aromatic heterocycles. The van der Waals surface area contributed by atoms with Crippen molar-refractivity contribution >= 4 is 21.6 Å². The molecule has 0 radical (unpaired) electrons. The number of carbonyl (C=O) groups is 1. The maximum atomic E-state index is 12.6. The predicted molar refractivity (Wildman–Crippen MR) is 76.8 cm³/mol. The van der Waals surface area contributed by atoms with Crippen molar-refractivity contribution < 1.29 is 17.9 Å². The van der Waals surface area contributed by atoms with Gasteiger partial charge in [-0.05, 0) is 25.1 Å². The van der Waals surface area contributed by atoms with E-state index >= 15 is 0 Å². The minimum atomic E-state index is -3.56. The van der Waals surface area contributed by atoms with Crippen LogP contribution in [0.15, 0.2) is 23.1 Å². The van der Waals surface area contributed by atoms with E-state index in [0.29, 0.717) is 31.1 Å². The Morgan fingerprint density at radius 2 is 2.19 bits per heavy atom. The largest absolute Gasteiger partial charge is 0.482 e. The van der Waals surface area contributed by atoms with E-state index in [9.17, 15) is 13.2 Å². The van der Waals surface area contributed by atoms with E-state index in [-0.39, 0.29) is 23.5 Å². The highest BCUT2D eigenvalue weighted by Gasteiger charge is 2.29. The zero-order valence-electron chi connectivity index (χ0n) is 11.6. The molecule has 7 nitrogen and oxygen atoms in total. The summed E-state index contributed by atoms with van der Waals surface area (Å²) in [6.45, 7) is 3.40. The zero-order chi connectivity index (χ0) is 15.0. The molecule has 2 N–H and O–H groups in total. The topological polar surface area (TPSA) is 87.7 Å². The summed E-state index contributed by atoms with van der Waals surface area (Å²) in [7, 11) is -3.56. The van der Waals surface area contributed by atoms with Gasteiger partial charge in [0, 0.05) is 25.7 Å². The number of benzene rings is 1. The van der Waals surface area contributed by atoms with Crippen LogP contribution in [0.3, 0.4) is 0 Å². The van der Waals surface area contributed by atoms with E-state index in [0.717, 1.165) is 0 Å². The molecule has 8 heteroatoms. The Morgan fingerprint density at radius 1 is 1.38 bits per heavy atom. The molecular formula is C13H17N3O4S. The van der Waals surface area contributed by atoms with Crippen LogP contribution >= 0.6 is 0 Å². The second-order valence-corrected chi connectivity index (χ2v) is 7.15. The first-order chi connectivity index (χ1) is 9.96. The predicted octanol–water partition coefficient (Wildman–Crippen LogP) is -0.0001000. The molecule has 1 atom stereocenters. The van der Waals surface area contributed by atoms with Gasteiger partial charge in [-0.1, -0.05) is 0 Å². The molecule has 0 aliphatic carbocycles. The quantitative estimate of drug-likeness (QED) is 0.803. The second kappa shape index (κ2) is 5.28. The van der Waals surface area contributed by atoms with Crippen molar-refractivity contribution in [3.05, 3.63) is 18.2 Å². The van der Waals surface area contributed by atoms with Crippen LogP contribution in [-0.2, 0) is 14.8 Å². The van der Waals surface area contributed by atoms with Gasteiger partial charge in [-0.2, -0.15) is 4.31 Å². The highest BCUT2D eigenvalue weighted by molar-refractivity contribution is 7.89. The molecule has 114 valence electrons. The minimum Gasteiger partial charge on any atom is -0.482 e. The normalized spacial score (nSPS) is 23.1. The van der Waals surface area contributed by atoms with Crippen LogP contribution in [-0.4, -0.2) is 50.9 Å². The molecule has 0 spiro atoms. The number of amides is 1. The van der Waals surface area contributed by atoms with E-state index in [1.807, 2.05) is 6.92 Å². The van der Waals surface area contributed by atoms with Crippen LogP contribution in [0.4, 0.5) is 5.69 Å². The average molecular weight is 311 g/mol. The molecule has 3 rings (SSSR count). The van der Waals surface area contributed by atoms with Gasteiger partial charge in [0.2, 0.25) is 10.0 Å². The molecule has 2 aliphatic heterocycles. The number of fused-ring (bicyclic) bond motifs is 1. The minimum absolute atomic E-state index is 0.0472. The van der Waals surface area contributed by atoms with Crippen molar-refractivity contribution in [2.24, 2.45) is 0 Å². The van der Waals surface area contributed by atoms with Crippen LogP contribution in [0.1, 0.15) is 6.92 Å². The van der Waals surface area contributed by atoms with Gasteiger partial charge in [0.1, 0.15) is 5.75 Å². The first-order valence-corrected chi connectivity index (χ1v) is 8.21. The van der Waals surface area contributed by atoms with Crippen LogP contribution in [0, 0.1) is 0 Å². The zero-order valence-corrected chi connectivity index (χ0v) is 12.4. The number of piperazine rings is 1. The Balaban J connectivity index is 1.92. The van der Waals surface area contributed by atoms with Crippen molar-refractivity contribution in [3.8, 4) is 5.75 Å². The van der Waals surface area contributed by atoms with E-state index < -0.39 is 10.0 Å². The highest BCUT2D eigenvalue weighted by Crippen LogP contribution is 2.31. The lowest BCUT2D eigenvalue weighted by atomic mass is 10.2. The van der Waals surface area contributed by atoms with Gasteiger partial charge in [0.05, 0.1) is 10.6 Å². The monoisotopic (exact) mass is 311 g/mol. The highest BCUT2D eigenvalue weighted by atomic mass is 32.2. The lowest BCUT2D eigenvalue weighted by Gasteiger charge is -2.31. The fourth-order valence-corrected chi connectivity index (χ4v) is 4.04. The maximum absolute atomic E-state index is 12.6. The lowest BCUT2D eigenvalue weighted by Crippen LogP contribution is -2.51. The molecule has 1 amide bonds. The third kappa shape index (κ3) is 2.74. The van der Waals surface area contributed by atoms with Crippen LogP contribution in [0.5, 0.6) is 5.75 Å². The van der Waals surface area contributed by atoms with Gasteiger partial charge in [-0.15, -0.1) is 0 Å². The van der Waals surface area contributed by atoms with Crippen LogP contribution in [0.2, 0.25) is 0 Å². The van der Waals surface area contributed by atoms with Gasteiger partial charge < -0.3 is 15.4 Å². The molecule has 1 aromatic rings. The second-order valence-electron chi connectivity index (χ2n) is 5.21. The summed E-state index contributed by atoms with van der Waals surface area (Å²) in [5.74, 6) is 0.204. The molecular weight excluding hydrogens is 294 g/mol. The van der Waals surface area contributed by atoms with E-state index in [1.165, 1.54) is 16.4 Å². The molecule has 2 aliphatic rings. The summed E-state index contributed by atoms with van der Waals surface area (Å²) in [5, 5.41) is 5.83. The Hall–Kier alpha value is -1.64. The van der Waals surface area contributed by atoms with Crippen molar-refractivity contribution in [3.63, 3.8) is 0 Å². The Labute approximate surface area is 123 Å². The molecule has 1 aromatic carbocycles. The Morgan fingerprint density at radius 3 is 2.95 bits per heavy atom. The molecule has 21 heavy (non-hydrogen) atoms. The smallest absolute Gasteiger partial charge is 0.262 e. The van der Waals surface area contributed by atoms with Crippen molar-refractivity contribution in [1.82, 2.24) is 9.62 Å². The Kier molecular flexibility index (Phi) is 3.60. The summed E-state index contributed by atoms with van der Waals surface area (Å²) < 4.78 is 32.0. The number of ether oxygens (including phenoxy) is 1. The van der Waals surface area contributed by atoms with Crippen molar-refractivity contribution in [1.29, 1.82) is 0 Å². The van der Waals surface area contributed by atoms with E-state index in [1.54, 1.807) is 6.07 Å². The fraction of sp³-hybridized carbons (Fsp3) is 0.462.